The molecule has 1 unspecified atom stereocenters. The lowest BCUT2D eigenvalue weighted by Crippen LogP contribution is -2.46. The number of sulfonamides is 1. The number of hydrogen-bond donors (Lipinski definition) is 2. The molecular formula is C22H27N3O4S. The van der Waals surface area contributed by atoms with Gasteiger partial charge in [0, 0.05) is 24.3 Å². The second kappa shape index (κ2) is 9.30. The molecular weight excluding hydrogens is 402 g/mol. The summed E-state index contributed by atoms with van der Waals surface area (Å²) in [6.07, 6.45) is 2.27. The molecule has 160 valence electrons. The summed E-state index contributed by atoms with van der Waals surface area (Å²) in [5, 5.41) is 2.86. The third kappa shape index (κ3) is 4.81. The van der Waals surface area contributed by atoms with Gasteiger partial charge in [0.1, 0.15) is 6.04 Å². The normalized spacial score (nSPS) is 16.3. The quantitative estimate of drug-likeness (QED) is 0.707. The van der Waals surface area contributed by atoms with Crippen molar-refractivity contribution >= 4 is 27.5 Å². The van der Waals surface area contributed by atoms with E-state index in [9.17, 15) is 18.0 Å². The van der Waals surface area contributed by atoms with Crippen LogP contribution in [0.5, 0.6) is 0 Å². The Hall–Kier alpha value is -2.87. The lowest BCUT2D eigenvalue weighted by atomic mass is 10.1. The van der Waals surface area contributed by atoms with Gasteiger partial charge in [0.15, 0.2) is 0 Å². The van der Waals surface area contributed by atoms with Gasteiger partial charge in [-0.25, -0.2) is 8.42 Å². The van der Waals surface area contributed by atoms with Gasteiger partial charge in [0.25, 0.3) is 15.9 Å². The third-order valence-corrected chi connectivity index (χ3v) is 6.67. The molecule has 1 fully saturated rings. The smallest absolute Gasteiger partial charge is 0.262 e. The zero-order valence-electron chi connectivity index (χ0n) is 17.2. The fourth-order valence-corrected chi connectivity index (χ4v) is 4.87. The molecule has 2 aromatic rings. The summed E-state index contributed by atoms with van der Waals surface area (Å²) in [6.45, 7) is 4.84. The number of carbonyl (C=O) groups is 2. The second-order valence-corrected chi connectivity index (χ2v) is 9.05. The first-order valence-electron chi connectivity index (χ1n) is 10.1. The van der Waals surface area contributed by atoms with Crippen molar-refractivity contribution in [2.45, 2.75) is 44.0 Å². The van der Waals surface area contributed by atoms with Crippen LogP contribution in [0.15, 0.2) is 53.4 Å². The number of aryl methyl sites for hydroxylation is 1. The Morgan fingerprint density at radius 3 is 2.47 bits per heavy atom. The first kappa shape index (κ1) is 21.8. The van der Waals surface area contributed by atoms with Gasteiger partial charge >= 0.3 is 0 Å². The summed E-state index contributed by atoms with van der Waals surface area (Å²) >= 11 is 0. The molecule has 30 heavy (non-hydrogen) atoms. The van der Waals surface area contributed by atoms with Crippen molar-refractivity contribution in [1.82, 2.24) is 10.2 Å². The molecule has 0 aliphatic carbocycles. The van der Waals surface area contributed by atoms with Gasteiger partial charge < -0.3 is 10.2 Å². The van der Waals surface area contributed by atoms with Crippen LogP contribution >= 0.6 is 0 Å². The molecule has 0 bridgehead atoms. The molecule has 3 rings (SSSR count). The summed E-state index contributed by atoms with van der Waals surface area (Å²) in [4.78, 5) is 27.1. The Morgan fingerprint density at radius 1 is 1.10 bits per heavy atom. The molecule has 0 aromatic heterocycles. The van der Waals surface area contributed by atoms with Crippen LogP contribution in [0.4, 0.5) is 5.69 Å². The van der Waals surface area contributed by atoms with Crippen molar-refractivity contribution in [2.24, 2.45) is 0 Å². The second-order valence-electron chi connectivity index (χ2n) is 7.40. The molecule has 2 N–H and O–H groups in total. The van der Waals surface area contributed by atoms with E-state index in [1.807, 2.05) is 6.92 Å². The van der Waals surface area contributed by atoms with Gasteiger partial charge in [0.2, 0.25) is 5.91 Å². The van der Waals surface area contributed by atoms with Crippen molar-refractivity contribution < 1.29 is 18.0 Å². The van der Waals surface area contributed by atoms with Crippen molar-refractivity contribution in [3.63, 3.8) is 0 Å². The van der Waals surface area contributed by atoms with Gasteiger partial charge in [-0.1, -0.05) is 25.1 Å². The van der Waals surface area contributed by atoms with E-state index in [1.54, 1.807) is 60.4 Å². The minimum absolute atomic E-state index is 0.120. The fourth-order valence-electron chi connectivity index (χ4n) is 3.56. The van der Waals surface area contributed by atoms with E-state index in [-0.39, 0.29) is 16.7 Å². The van der Waals surface area contributed by atoms with Crippen molar-refractivity contribution in [2.75, 3.05) is 17.8 Å². The first-order valence-corrected chi connectivity index (χ1v) is 11.6. The van der Waals surface area contributed by atoms with E-state index in [0.717, 1.165) is 12.8 Å². The maximum Gasteiger partial charge on any atom is 0.262 e. The lowest BCUT2D eigenvalue weighted by Gasteiger charge is -2.24. The Balaban J connectivity index is 1.71. The Labute approximate surface area is 177 Å². The molecule has 1 heterocycles. The summed E-state index contributed by atoms with van der Waals surface area (Å²) < 4.78 is 27.8. The molecule has 2 amide bonds. The van der Waals surface area contributed by atoms with Crippen LogP contribution in [-0.4, -0.2) is 44.3 Å². The average Bonchev–Trinajstić information content (AvgIpc) is 3.22. The molecule has 1 atom stereocenters. The topological polar surface area (TPSA) is 95.6 Å². The van der Waals surface area contributed by atoms with E-state index >= 15 is 0 Å². The van der Waals surface area contributed by atoms with Crippen molar-refractivity contribution in [1.29, 1.82) is 0 Å². The SMILES string of the molecule is CCCNC(=O)C1CCCN1C(=O)c1ccc(NS(=O)(=O)c2ccccc2C)cc1. The molecule has 1 aliphatic rings. The predicted molar refractivity (Wildman–Crippen MR) is 116 cm³/mol. The Bertz CT molecular complexity index is 1020. The van der Waals surface area contributed by atoms with Gasteiger partial charge in [-0.3, -0.25) is 14.3 Å². The maximum absolute atomic E-state index is 12.9. The molecule has 1 aliphatic heterocycles. The van der Waals surface area contributed by atoms with E-state index in [0.29, 0.717) is 36.3 Å². The molecule has 1 saturated heterocycles. The van der Waals surface area contributed by atoms with Crippen molar-refractivity contribution in [3.05, 3.63) is 59.7 Å². The first-order chi connectivity index (χ1) is 14.3. The van der Waals surface area contributed by atoms with Crippen LogP contribution in [0.2, 0.25) is 0 Å². The zero-order valence-corrected chi connectivity index (χ0v) is 18.0. The number of benzene rings is 2. The van der Waals surface area contributed by atoms with Crippen LogP contribution in [0.1, 0.15) is 42.1 Å². The monoisotopic (exact) mass is 429 g/mol. The van der Waals surface area contributed by atoms with Gasteiger partial charge in [0.05, 0.1) is 4.90 Å². The minimum Gasteiger partial charge on any atom is -0.354 e. The number of likely N-dealkylation sites (tertiary alicyclic amines) is 1. The Kier molecular flexibility index (Phi) is 6.77. The van der Waals surface area contributed by atoms with Crippen LogP contribution in [-0.2, 0) is 14.8 Å². The van der Waals surface area contributed by atoms with E-state index in [1.165, 1.54) is 0 Å². The predicted octanol–water partition coefficient (Wildman–Crippen LogP) is 2.93. The third-order valence-electron chi connectivity index (χ3n) is 5.13. The Morgan fingerprint density at radius 2 is 1.80 bits per heavy atom. The number of amides is 2. The van der Waals surface area contributed by atoms with Crippen LogP contribution in [0.25, 0.3) is 0 Å². The van der Waals surface area contributed by atoms with Crippen LogP contribution < -0.4 is 10.0 Å². The molecule has 0 spiro atoms. The number of nitrogens with zero attached hydrogens (tertiary/aromatic N) is 1. The van der Waals surface area contributed by atoms with Gasteiger partial charge in [-0.05, 0) is 62.1 Å². The highest BCUT2D eigenvalue weighted by Gasteiger charge is 2.34. The maximum atomic E-state index is 12.9. The van der Waals surface area contributed by atoms with Gasteiger partial charge in [-0.15, -0.1) is 0 Å². The van der Waals surface area contributed by atoms with Crippen LogP contribution in [0, 0.1) is 6.92 Å². The fraction of sp³-hybridized carbons (Fsp3) is 0.364. The number of anilines is 1. The lowest BCUT2D eigenvalue weighted by molar-refractivity contribution is -0.124. The highest BCUT2D eigenvalue weighted by molar-refractivity contribution is 7.92. The molecule has 7 nitrogen and oxygen atoms in total. The number of rotatable bonds is 7. The highest BCUT2D eigenvalue weighted by Crippen LogP contribution is 2.23. The zero-order chi connectivity index (χ0) is 21.7. The minimum atomic E-state index is -3.72. The molecule has 8 heteroatoms. The van der Waals surface area contributed by atoms with E-state index in [2.05, 4.69) is 10.0 Å². The molecule has 0 saturated carbocycles. The largest absolute Gasteiger partial charge is 0.354 e. The number of nitrogens with one attached hydrogen (secondary N) is 2. The summed E-state index contributed by atoms with van der Waals surface area (Å²) in [5.41, 5.74) is 1.44. The standard InChI is InChI=1S/C22H27N3O4S/c1-3-14-23-21(26)19-8-6-15-25(19)22(27)17-10-12-18(13-11-17)24-30(28,29)20-9-5-4-7-16(20)2/h4-5,7,9-13,19,24H,3,6,8,14-15H2,1-2H3,(H,23,26). The highest BCUT2D eigenvalue weighted by atomic mass is 32.2. The van der Waals surface area contributed by atoms with E-state index in [4.69, 9.17) is 0 Å². The van der Waals surface area contributed by atoms with Crippen LogP contribution in [0.3, 0.4) is 0 Å². The average molecular weight is 430 g/mol. The molecule has 0 radical (unpaired) electrons. The summed E-state index contributed by atoms with van der Waals surface area (Å²) in [6, 6.07) is 12.6. The number of carbonyl (C=O) groups excluding carboxylic acids is 2. The molecule has 2 aromatic carbocycles. The summed E-state index contributed by atoms with van der Waals surface area (Å²) in [7, 11) is -3.72. The van der Waals surface area contributed by atoms with E-state index < -0.39 is 16.1 Å². The van der Waals surface area contributed by atoms with Gasteiger partial charge in [-0.2, -0.15) is 0 Å². The summed E-state index contributed by atoms with van der Waals surface area (Å²) in [5.74, 6) is -0.345. The van der Waals surface area contributed by atoms with Crippen molar-refractivity contribution in [3.8, 4) is 0 Å². The number of hydrogen-bond acceptors (Lipinski definition) is 4.